The lowest BCUT2D eigenvalue weighted by molar-refractivity contribution is 0.0428. The van der Waals surface area contributed by atoms with Gasteiger partial charge in [0.25, 0.3) is 5.92 Å². The van der Waals surface area contributed by atoms with Crippen LogP contribution in [0.15, 0.2) is 59.1 Å². The molecule has 0 saturated heterocycles. The summed E-state index contributed by atoms with van der Waals surface area (Å²) in [6.07, 6.45) is 0. The lowest BCUT2D eigenvalue weighted by Gasteiger charge is -2.17. The Balaban J connectivity index is 2.43. The van der Waals surface area contributed by atoms with E-state index >= 15 is 0 Å². The van der Waals surface area contributed by atoms with E-state index in [4.69, 9.17) is 0 Å². The second-order valence-electron chi connectivity index (χ2n) is 3.45. The van der Waals surface area contributed by atoms with Crippen molar-refractivity contribution in [1.82, 2.24) is 0 Å². The van der Waals surface area contributed by atoms with Crippen molar-refractivity contribution in [2.75, 3.05) is 0 Å². The molecule has 82 valence electrons. The van der Waals surface area contributed by atoms with E-state index in [0.717, 1.165) is 4.47 Å². The van der Waals surface area contributed by atoms with Gasteiger partial charge in [-0.25, -0.2) is 0 Å². The second kappa shape index (κ2) is 4.34. The second-order valence-corrected chi connectivity index (χ2v) is 4.36. The Bertz CT molecular complexity index is 463. The minimum absolute atomic E-state index is 0.00176. The summed E-state index contributed by atoms with van der Waals surface area (Å²) in [4.78, 5) is 0. The summed E-state index contributed by atoms with van der Waals surface area (Å²) in [5, 5.41) is 0. The highest BCUT2D eigenvalue weighted by Gasteiger charge is 2.33. The van der Waals surface area contributed by atoms with Gasteiger partial charge in [0.2, 0.25) is 0 Å². The van der Waals surface area contributed by atoms with Crippen LogP contribution in [0.5, 0.6) is 0 Å². The fraction of sp³-hybridized carbons (Fsp3) is 0.0769. The first kappa shape index (κ1) is 11.3. The van der Waals surface area contributed by atoms with E-state index in [1.807, 2.05) is 0 Å². The number of hydrogen-bond donors (Lipinski definition) is 0. The zero-order chi connectivity index (χ0) is 11.6. The molecule has 0 unspecified atom stereocenters. The third-order valence-corrected chi connectivity index (χ3v) is 2.87. The normalized spacial score (nSPS) is 11.4. The molecule has 0 aromatic heterocycles. The lowest BCUT2D eigenvalue weighted by atomic mass is 10.0. The van der Waals surface area contributed by atoms with Gasteiger partial charge >= 0.3 is 0 Å². The van der Waals surface area contributed by atoms with Crippen molar-refractivity contribution in [1.29, 1.82) is 0 Å². The number of benzene rings is 2. The highest BCUT2D eigenvalue weighted by molar-refractivity contribution is 9.10. The molecule has 0 bridgehead atoms. The lowest BCUT2D eigenvalue weighted by Crippen LogP contribution is -2.14. The third kappa shape index (κ3) is 2.14. The highest BCUT2D eigenvalue weighted by Crippen LogP contribution is 2.35. The molecular weight excluding hydrogens is 274 g/mol. The summed E-state index contributed by atoms with van der Waals surface area (Å²) in [6, 6.07) is 13.9. The Morgan fingerprint density at radius 2 is 1.25 bits per heavy atom. The van der Waals surface area contributed by atoms with E-state index in [-0.39, 0.29) is 11.1 Å². The number of hydrogen-bond acceptors (Lipinski definition) is 0. The first-order valence-corrected chi connectivity index (χ1v) is 5.59. The van der Waals surface area contributed by atoms with Crippen LogP contribution in [-0.4, -0.2) is 0 Å². The Kier molecular flexibility index (Phi) is 3.06. The predicted molar refractivity (Wildman–Crippen MR) is 63.6 cm³/mol. The molecule has 2 aromatic carbocycles. The van der Waals surface area contributed by atoms with Gasteiger partial charge in [0.1, 0.15) is 0 Å². The smallest absolute Gasteiger partial charge is 0.196 e. The van der Waals surface area contributed by atoms with E-state index in [9.17, 15) is 8.78 Å². The molecule has 0 spiro atoms. The highest BCUT2D eigenvalue weighted by atomic mass is 79.9. The third-order valence-electron chi connectivity index (χ3n) is 2.34. The average Bonchev–Trinajstić information content (AvgIpc) is 2.31. The molecule has 2 aromatic rings. The first-order valence-electron chi connectivity index (χ1n) is 4.80. The molecule has 0 aliphatic carbocycles. The summed E-state index contributed by atoms with van der Waals surface area (Å²) in [7, 11) is 0. The van der Waals surface area contributed by atoms with Crippen molar-refractivity contribution < 1.29 is 8.78 Å². The van der Waals surface area contributed by atoms with E-state index < -0.39 is 5.92 Å². The molecule has 0 N–H and O–H groups in total. The molecule has 0 nitrogen and oxygen atoms in total. The van der Waals surface area contributed by atoms with Crippen LogP contribution in [-0.2, 0) is 5.92 Å². The van der Waals surface area contributed by atoms with Gasteiger partial charge in [0.05, 0.1) is 0 Å². The van der Waals surface area contributed by atoms with E-state index in [1.165, 1.54) is 24.3 Å². The largest absolute Gasteiger partial charge is 0.298 e. The summed E-state index contributed by atoms with van der Waals surface area (Å²) in [5.41, 5.74) is 0.0132. The molecular formula is C13H9BrF2. The molecule has 0 radical (unpaired) electrons. The van der Waals surface area contributed by atoms with E-state index in [2.05, 4.69) is 15.9 Å². The molecule has 0 aliphatic rings. The van der Waals surface area contributed by atoms with Crippen LogP contribution < -0.4 is 0 Å². The van der Waals surface area contributed by atoms with Crippen LogP contribution in [0.4, 0.5) is 8.78 Å². The standard InChI is InChI=1S/C13H9BrF2/c14-12-8-6-11(7-9-12)13(15,16)10-4-2-1-3-5-10/h1-9H. The Morgan fingerprint density at radius 1 is 0.750 bits per heavy atom. The van der Waals surface area contributed by atoms with Crippen LogP contribution in [0.1, 0.15) is 11.1 Å². The van der Waals surface area contributed by atoms with Crippen LogP contribution in [0, 0.1) is 0 Å². The molecule has 0 amide bonds. The molecule has 3 heteroatoms. The maximum Gasteiger partial charge on any atom is 0.298 e. The van der Waals surface area contributed by atoms with E-state index in [1.54, 1.807) is 30.3 Å². The summed E-state index contributed by atoms with van der Waals surface area (Å²) >= 11 is 3.22. The zero-order valence-corrected chi connectivity index (χ0v) is 9.92. The molecule has 0 saturated carbocycles. The number of alkyl halides is 2. The van der Waals surface area contributed by atoms with Crippen LogP contribution in [0.3, 0.4) is 0 Å². The first-order chi connectivity index (χ1) is 7.60. The Morgan fingerprint density at radius 3 is 1.81 bits per heavy atom. The molecule has 0 fully saturated rings. The summed E-state index contributed by atoms with van der Waals surface area (Å²) < 4.78 is 28.8. The van der Waals surface area contributed by atoms with Crippen molar-refractivity contribution in [3.63, 3.8) is 0 Å². The maximum atomic E-state index is 14.0. The Labute approximate surface area is 101 Å². The van der Waals surface area contributed by atoms with Crippen LogP contribution in [0.2, 0.25) is 0 Å². The predicted octanol–water partition coefficient (Wildman–Crippen LogP) is 4.59. The topological polar surface area (TPSA) is 0 Å². The SMILES string of the molecule is FC(F)(c1ccccc1)c1ccc(Br)cc1. The molecule has 2 rings (SSSR count). The van der Waals surface area contributed by atoms with Gasteiger partial charge in [-0.2, -0.15) is 8.78 Å². The minimum Gasteiger partial charge on any atom is -0.196 e. The van der Waals surface area contributed by atoms with Crippen molar-refractivity contribution in [3.05, 3.63) is 70.2 Å². The molecule has 0 aliphatic heterocycles. The maximum absolute atomic E-state index is 14.0. The van der Waals surface area contributed by atoms with Crippen molar-refractivity contribution >= 4 is 15.9 Å². The van der Waals surface area contributed by atoms with Crippen molar-refractivity contribution in [3.8, 4) is 0 Å². The quantitative estimate of drug-likeness (QED) is 0.756. The van der Waals surface area contributed by atoms with Crippen molar-refractivity contribution in [2.24, 2.45) is 0 Å². The van der Waals surface area contributed by atoms with Gasteiger partial charge in [-0.05, 0) is 12.1 Å². The van der Waals surface area contributed by atoms with Gasteiger partial charge in [0.15, 0.2) is 0 Å². The molecule has 0 atom stereocenters. The molecule has 16 heavy (non-hydrogen) atoms. The van der Waals surface area contributed by atoms with E-state index in [0.29, 0.717) is 0 Å². The number of halogens is 3. The monoisotopic (exact) mass is 282 g/mol. The fourth-order valence-electron chi connectivity index (χ4n) is 1.47. The molecule has 0 heterocycles. The number of rotatable bonds is 2. The van der Waals surface area contributed by atoms with Crippen LogP contribution >= 0.6 is 15.9 Å². The van der Waals surface area contributed by atoms with Gasteiger partial charge in [-0.15, -0.1) is 0 Å². The summed E-state index contributed by atoms with van der Waals surface area (Å²) in [6.45, 7) is 0. The van der Waals surface area contributed by atoms with Crippen molar-refractivity contribution in [2.45, 2.75) is 5.92 Å². The minimum atomic E-state index is -2.94. The summed E-state index contributed by atoms with van der Waals surface area (Å²) in [5.74, 6) is -2.94. The van der Waals surface area contributed by atoms with Gasteiger partial charge in [-0.1, -0.05) is 58.4 Å². The van der Waals surface area contributed by atoms with Gasteiger partial charge in [0, 0.05) is 15.6 Å². The average molecular weight is 283 g/mol. The van der Waals surface area contributed by atoms with Gasteiger partial charge < -0.3 is 0 Å². The van der Waals surface area contributed by atoms with Gasteiger partial charge in [-0.3, -0.25) is 0 Å². The van der Waals surface area contributed by atoms with Crippen LogP contribution in [0.25, 0.3) is 0 Å². The fourth-order valence-corrected chi connectivity index (χ4v) is 1.74. The Hall–Kier alpha value is -1.22. The zero-order valence-electron chi connectivity index (χ0n) is 8.33.